The Bertz CT molecular complexity index is 684. The zero-order valence-electron chi connectivity index (χ0n) is 12.2. The highest BCUT2D eigenvalue weighted by molar-refractivity contribution is 5.95. The molecule has 6 heteroatoms. The molecule has 0 spiro atoms. The van der Waals surface area contributed by atoms with Gasteiger partial charge < -0.3 is 9.47 Å². The zero-order chi connectivity index (χ0) is 15.9. The van der Waals surface area contributed by atoms with Crippen molar-refractivity contribution in [3.05, 3.63) is 59.4 Å². The number of ether oxygens (including phenoxy) is 2. The van der Waals surface area contributed by atoms with Crippen LogP contribution in [0.4, 0.5) is 4.39 Å². The van der Waals surface area contributed by atoms with Gasteiger partial charge in [-0.2, -0.15) is 5.10 Å². The number of nitrogens with one attached hydrogen (secondary N) is 1. The van der Waals surface area contributed by atoms with Gasteiger partial charge in [-0.05, 0) is 36.4 Å². The molecule has 5 nitrogen and oxygen atoms in total. The Balaban J connectivity index is 2.09. The first-order chi connectivity index (χ1) is 10.7. The first-order valence-corrected chi connectivity index (χ1v) is 6.45. The van der Waals surface area contributed by atoms with Crippen molar-refractivity contribution in [3.8, 4) is 11.5 Å². The van der Waals surface area contributed by atoms with Crippen molar-refractivity contribution in [2.24, 2.45) is 5.10 Å². The van der Waals surface area contributed by atoms with Gasteiger partial charge in [0.25, 0.3) is 5.91 Å². The predicted octanol–water partition coefficient (Wildman–Crippen LogP) is 2.61. The number of para-hydroxylation sites is 1. The molecule has 22 heavy (non-hydrogen) atoms. The van der Waals surface area contributed by atoms with E-state index in [0.717, 1.165) is 0 Å². The first kappa shape index (κ1) is 15.5. The summed E-state index contributed by atoms with van der Waals surface area (Å²) in [4.78, 5) is 11.8. The van der Waals surface area contributed by atoms with Crippen LogP contribution in [0.2, 0.25) is 0 Å². The van der Waals surface area contributed by atoms with Gasteiger partial charge in [0.15, 0.2) is 11.5 Å². The van der Waals surface area contributed by atoms with E-state index in [1.807, 2.05) is 0 Å². The maximum absolute atomic E-state index is 12.8. The van der Waals surface area contributed by atoms with Crippen LogP contribution in [0.15, 0.2) is 47.6 Å². The summed E-state index contributed by atoms with van der Waals surface area (Å²) in [5.74, 6) is 0.250. The molecule has 0 unspecified atom stereocenters. The smallest absolute Gasteiger partial charge is 0.271 e. The molecule has 114 valence electrons. The minimum atomic E-state index is -0.432. The molecule has 0 saturated carbocycles. The molecule has 0 aliphatic carbocycles. The van der Waals surface area contributed by atoms with Crippen LogP contribution in [0.1, 0.15) is 15.9 Å². The molecule has 0 saturated heterocycles. The maximum atomic E-state index is 12.8. The second-order valence-corrected chi connectivity index (χ2v) is 4.29. The molecule has 1 amide bonds. The normalized spacial score (nSPS) is 10.5. The van der Waals surface area contributed by atoms with Crippen LogP contribution in [0.25, 0.3) is 0 Å². The summed E-state index contributed by atoms with van der Waals surface area (Å²) < 4.78 is 23.2. The number of carbonyl (C=O) groups is 1. The maximum Gasteiger partial charge on any atom is 0.271 e. The van der Waals surface area contributed by atoms with E-state index < -0.39 is 11.7 Å². The van der Waals surface area contributed by atoms with Crippen molar-refractivity contribution < 1.29 is 18.7 Å². The Morgan fingerprint density at radius 3 is 2.50 bits per heavy atom. The monoisotopic (exact) mass is 302 g/mol. The minimum absolute atomic E-state index is 0.316. The lowest BCUT2D eigenvalue weighted by Gasteiger charge is -2.09. The van der Waals surface area contributed by atoms with E-state index in [-0.39, 0.29) is 0 Å². The summed E-state index contributed by atoms with van der Waals surface area (Å²) in [5.41, 5.74) is 3.34. The average molecular weight is 302 g/mol. The van der Waals surface area contributed by atoms with E-state index in [9.17, 15) is 9.18 Å². The standard InChI is InChI=1S/C16H15FN2O3/c1-21-14-5-3-4-12(15(14)22-2)10-18-19-16(20)11-6-8-13(17)9-7-11/h3-10H,1-2H3,(H,19,20)/b18-10-. The fourth-order valence-electron chi connectivity index (χ4n) is 1.84. The largest absolute Gasteiger partial charge is 0.493 e. The number of methoxy groups -OCH3 is 2. The molecule has 0 aliphatic rings. The van der Waals surface area contributed by atoms with E-state index in [1.165, 1.54) is 44.7 Å². The number of hydrazone groups is 1. The molecular formula is C16H15FN2O3. The Morgan fingerprint density at radius 2 is 1.86 bits per heavy atom. The van der Waals surface area contributed by atoms with Crippen LogP contribution in [0.5, 0.6) is 11.5 Å². The second kappa shape index (κ2) is 7.21. The molecule has 0 heterocycles. The van der Waals surface area contributed by atoms with E-state index in [0.29, 0.717) is 22.6 Å². The van der Waals surface area contributed by atoms with Gasteiger partial charge >= 0.3 is 0 Å². The molecule has 2 aromatic carbocycles. The fourth-order valence-corrected chi connectivity index (χ4v) is 1.84. The van der Waals surface area contributed by atoms with Crippen LogP contribution in [-0.2, 0) is 0 Å². The number of carbonyl (C=O) groups excluding carboxylic acids is 1. The van der Waals surface area contributed by atoms with Crippen molar-refractivity contribution in [2.45, 2.75) is 0 Å². The molecule has 0 atom stereocenters. The van der Waals surface area contributed by atoms with E-state index in [2.05, 4.69) is 10.5 Å². The summed E-state index contributed by atoms with van der Waals surface area (Å²) in [5, 5.41) is 3.87. The summed E-state index contributed by atoms with van der Waals surface area (Å²) >= 11 is 0. The molecule has 0 bridgehead atoms. The minimum Gasteiger partial charge on any atom is -0.493 e. The summed E-state index contributed by atoms with van der Waals surface area (Å²) in [6, 6.07) is 10.5. The van der Waals surface area contributed by atoms with Crippen LogP contribution >= 0.6 is 0 Å². The van der Waals surface area contributed by atoms with Gasteiger partial charge in [0, 0.05) is 11.1 Å². The van der Waals surface area contributed by atoms with Crippen molar-refractivity contribution >= 4 is 12.1 Å². The highest BCUT2D eigenvalue weighted by Gasteiger charge is 2.08. The molecule has 0 aliphatic heterocycles. The van der Waals surface area contributed by atoms with Gasteiger partial charge in [0.05, 0.1) is 20.4 Å². The molecular weight excluding hydrogens is 287 g/mol. The van der Waals surface area contributed by atoms with Crippen molar-refractivity contribution in [1.29, 1.82) is 0 Å². The number of hydrogen-bond donors (Lipinski definition) is 1. The van der Waals surface area contributed by atoms with Crippen molar-refractivity contribution in [1.82, 2.24) is 5.43 Å². The zero-order valence-corrected chi connectivity index (χ0v) is 12.2. The Labute approximate surface area is 127 Å². The third-order valence-electron chi connectivity index (χ3n) is 2.91. The first-order valence-electron chi connectivity index (χ1n) is 6.45. The number of benzene rings is 2. The molecule has 2 rings (SSSR count). The van der Waals surface area contributed by atoms with E-state index in [1.54, 1.807) is 18.2 Å². The Morgan fingerprint density at radius 1 is 1.14 bits per heavy atom. The Hall–Kier alpha value is -2.89. The average Bonchev–Trinajstić information content (AvgIpc) is 2.55. The molecule has 0 fully saturated rings. The van der Waals surface area contributed by atoms with Gasteiger partial charge in [0.2, 0.25) is 0 Å². The van der Waals surface area contributed by atoms with Crippen LogP contribution < -0.4 is 14.9 Å². The highest BCUT2D eigenvalue weighted by atomic mass is 19.1. The third-order valence-corrected chi connectivity index (χ3v) is 2.91. The highest BCUT2D eigenvalue weighted by Crippen LogP contribution is 2.29. The summed E-state index contributed by atoms with van der Waals surface area (Å²) in [6.07, 6.45) is 1.45. The van der Waals surface area contributed by atoms with Crippen LogP contribution in [-0.4, -0.2) is 26.3 Å². The number of halogens is 1. The number of hydrogen-bond acceptors (Lipinski definition) is 4. The SMILES string of the molecule is COc1cccc(/C=N\NC(=O)c2ccc(F)cc2)c1OC. The van der Waals surface area contributed by atoms with Gasteiger partial charge in [-0.15, -0.1) is 0 Å². The van der Waals surface area contributed by atoms with Crippen LogP contribution in [0.3, 0.4) is 0 Å². The van der Waals surface area contributed by atoms with Crippen LogP contribution in [0, 0.1) is 5.82 Å². The fraction of sp³-hybridized carbons (Fsp3) is 0.125. The van der Waals surface area contributed by atoms with Crippen molar-refractivity contribution in [3.63, 3.8) is 0 Å². The molecule has 1 N–H and O–H groups in total. The Kier molecular flexibility index (Phi) is 5.08. The van der Waals surface area contributed by atoms with Gasteiger partial charge in [-0.25, -0.2) is 9.82 Å². The lowest BCUT2D eigenvalue weighted by molar-refractivity contribution is 0.0955. The second-order valence-electron chi connectivity index (χ2n) is 4.29. The lowest BCUT2D eigenvalue weighted by Crippen LogP contribution is -2.17. The van der Waals surface area contributed by atoms with Crippen molar-refractivity contribution in [2.75, 3.05) is 14.2 Å². The number of rotatable bonds is 5. The molecule has 0 radical (unpaired) electrons. The molecule has 0 aromatic heterocycles. The van der Waals surface area contributed by atoms with Gasteiger partial charge in [-0.3, -0.25) is 4.79 Å². The van der Waals surface area contributed by atoms with Gasteiger partial charge in [0.1, 0.15) is 5.82 Å². The van der Waals surface area contributed by atoms with E-state index >= 15 is 0 Å². The quantitative estimate of drug-likeness (QED) is 0.682. The third kappa shape index (κ3) is 3.60. The lowest BCUT2D eigenvalue weighted by atomic mass is 10.2. The molecule has 2 aromatic rings. The topological polar surface area (TPSA) is 59.9 Å². The summed E-state index contributed by atoms with van der Waals surface area (Å²) in [6.45, 7) is 0. The van der Waals surface area contributed by atoms with E-state index in [4.69, 9.17) is 9.47 Å². The predicted molar refractivity (Wildman–Crippen MR) is 81.0 cm³/mol. The summed E-state index contributed by atoms with van der Waals surface area (Å²) in [7, 11) is 3.06. The number of nitrogens with zero attached hydrogens (tertiary/aromatic N) is 1. The number of amides is 1. The van der Waals surface area contributed by atoms with Gasteiger partial charge in [-0.1, -0.05) is 6.07 Å².